The maximum atomic E-state index is 8.77. The molecule has 1 aromatic rings. The lowest BCUT2D eigenvalue weighted by molar-refractivity contribution is 0.216. The van der Waals surface area contributed by atoms with Crippen molar-refractivity contribution < 1.29 is 9.84 Å². The van der Waals surface area contributed by atoms with Crippen LogP contribution in [0.15, 0.2) is 12.4 Å². The van der Waals surface area contributed by atoms with Crippen molar-refractivity contribution in [1.29, 1.82) is 0 Å². The van der Waals surface area contributed by atoms with Crippen LogP contribution in [0.5, 0.6) is 5.88 Å². The van der Waals surface area contributed by atoms with Crippen molar-refractivity contribution in [3.63, 3.8) is 0 Å². The smallest absolute Gasteiger partial charge is 0.232 e. The summed E-state index contributed by atoms with van der Waals surface area (Å²) >= 11 is 0. The first-order valence-corrected chi connectivity index (χ1v) is 5.43. The van der Waals surface area contributed by atoms with Gasteiger partial charge in [-0.2, -0.15) is 0 Å². The maximum absolute atomic E-state index is 8.77. The van der Waals surface area contributed by atoms with Crippen molar-refractivity contribution in [1.82, 2.24) is 9.97 Å². The number of ether oxygens (including phenoxy) is 1. The van der Waals surface area contributed by atoms with Crippen LogP contribution in [0.3, 0.4) is 0 Å². The molecule has 1 aromatic heterocycles. The van der Waals surface area contributed by atoms with E-state index in [9.17, 15) is 0 Å². The fraction of sp³-hybridized carbons (Fsp3) is 0.636. The Hall–Kier alpha value is -1.16. The van der Waals surface area contributed by atoms with E-state index >= 15 is 0 Å². The molecule has 0 amide bonds. The van der Waals surface area contributed by atoms with Crippen molar-refractivity contribution in [2.45, 2.75) is 32.3 Å². The summed E-state index contributed by atoms with van der Waals surface area (Å²) in [6.45, 7) is 0.646. The molecule has 4 heteroatoms. The minimum Gasteiger partial charge on any atom is -0.477 e. The van der Waals surface area contributed by atoms with E-state index in [1.165, 1.54) is 19.3 Å². The van der Waals surface area contributed by atoms with Gasteiger partial charge >= 0.3 is 0 Å². The highest BCUT2D eigenvalue weighted by molar-refractivity contribution is 5.06. The SMILES string of the molecule is OCc1cnc(OCCC2CCC2)cn1. The van der Waals surface area contributed by atoms with Crippen LogP contribution in [0.2, 0.25) is 0 Å². The van der Waals surface area contributed by atoms with Gasteiger partial charge in [0.25, 0.3) is 0 Å². The Kier molecular flexibility index (Phi) is 3.50. The molecular formula is C11H16N2O2. The van der Waals surface area contributed by atoms with E-state index in [0.717, 1.165) is 18.9 Å². The van der Waals surface area contributed by atoms with Crippen molar-refractivity contribution in [3.8, 4) is 5.88 Å². The van der Waals surface area contributed by atoms with Crippen molar-refractivity contribution >= 4 is 0 Å². The zero-order valence-electron chi connectivity index (χ0n) is 8.72. The van der Waals surface area contributed by atoms with E-state index in [1.807, 2.05) is 0 Å². The lowest BCUT2D eigenvalue weighted by atomic mass is 9.83. The van der Waals surface area contributed by atoms with E-state index < -0.39 is 0 Å². The van der Waals surface area contributed by atoms with Crippen LogP contribution in [-0.2, 0) is 6.61 Å². The minimum atomic E-state index is -0.0741. The van der Waals surface area contributed by atoms with Gasteiger partial charge in [-0.3, -0.25) is 4.98 Å². The van der Waals surface area contributed by atoms with Crippen LogP contribution in [0, 0.1) is 5.92 Å². The first-order valence-electron chi connectivity index (χ1n) is 5.43. The predicted octanol–water partition coefficient (Wildman–Crippen LogP) is 1.54. The van der Waals surface area contributed by atoms with Gasteiger partial charge in [0, 0.05) is 0 Å². The van der Waals surface area contributed by atoms with Gasteiger partial charge in [-0.1, -0.05) is 19.3 Å². The first-order chi connectivity index (χ1) is 7.38. The number of hydrogen-bond acceptors (Lipinski definition) is 4. The first kappa shape index (κ1) is 10.4. The van der Waals surface area contributed by atoms with Crippen LogP contribution in [-0.4, -0.2) is 21.7 Å². The second kappa shape index (κ2) is 5.07. The molecule has 1 N–H and O–H groups in total. The van der Waals surface area contributed by atoms with Gasteiger partial charge < -0.3 is 9.84 Å². The number of hydrogen-bond donors (Lipinski definition) is 1. The number of aromatic nitrogens is 2. The Bertz CT molecular complexity index is 296. The maximum Gasteiger partial charge on any atom is 0.232 e. The molecule has 0 radical (unpaired) electrons. The molecule has 4 nitrogen and oxygen atoms in total. The van der Waals surface area contributed by atoms with Crippen LogP contribution in [0.4, 0.5) is 0 Å². The fourth-order valence-electron chi connectivity index (χ4n) is 1.61. The van der Waals surface area contributed by atoms with Gasteiger partial charge in [-0.15, -0.1) is 0 Å². The minimum absolute atomic E-state index is 0.0741. The predicted molar refractivity (Wildman–Crippen MR) is 55.4 cm³/mol. The molecule has 0 aliphatic heterocycles. The van der Waals surface area contributed by atoms with Crippen molar-refractivity contribution in [2.24, 2.45) is 5.92 Å². The summed E-state index contributed by atoms with van der Waals surface area (Å²) < 4.78 is 5.46. The van der Waals surface area contributed by atoms with Crippen LogP contribution >= 0.6 is 0 Å². The second-order valence-corrected chi connectivity index (χ2v) is 3.94. The largest absolute Gasteiger partial charge is 0.477 e. The Morgan fingerprint density at radius 2 is 2.20 bits per heavy atom. The van der Waals surface area contributed by atoms with E-state index in [0.29, 0.717) is 11.6 Å². The van der Waals surface area contributed by atoms with Crippen LogP contribution in [0.1, 0.15) is 31.4 Å². The normalized spacial score (nSPS) is 16.1. The molecule has 2 rings (SSSR count). The third kappa shape index (κ3) is 2.89. The molecule has 0 unspecified atom stereocenters. The molecule has 1 saturated carbocycles. The number of nitrogens with zero attached hydrogens (tertiary/aromatic N) is 2. The monoisotopic (exact) mass is 208 g/mol. The van der Waals surface area contributed by atoms with Crippen molar-refractivity contribution in [2.75, 3.05) is 6.61 Å². The zero-order valence-corrected chi connectivity index (χ0v) is 8.72. The van der Waals surface area contributed by atoms with Gasteiger partial charge in [0.1, 0.15) is 0 Å². The van der Waals surface area contributed by atoms with Crippen molar-refractivity contribution in [3.05, 3.63) is 18.1 Å². The molecule has 0 atom stereocenters. The van der Waals surface area contributed by atoms with Crippen LogP contribution < -0.4 is 4.74 Å². The molecule has 82 valence electrons. The molecule has 1 heterocycles. The summed E-state index contributed by atoms with van der Waals surface area (Å²) in [6, 6.07) is 0. The summed E-state index contributed by atoms with van der Waals surface area (Å²) in [5.41, 5.74) is 0.571. The average molecular weight is 208 g/mol. The number of rotatable bonds is 5. The quantitative estimate of drug-likeness (QED) is 0.797. The second-order valence-electron chi connectivity index (χ2n) is 3.94. The average Bonchev–Trinajstić information content (AvgIpc) is 2.23. The highest BCUT2D eigenvalue weighted by Crippen LogP contribution is 2.29. The summed E-state index contributed by atoms with van der Waals surface area (Å²) in [5, 5.41) is 8.77. The lowest BCUT2D eigenvalue weighted by Gasteiger charge is -2.24. The molecule has 1 aliphatic carbocycles. The van der Waals surface area contributed by atoms with Crippen LogP contribution in [0.25, 0.3) is 0 Å². The van der Waals surface area contributed by atoms with Gasteiger partial charge in [0.15, 0.2) is 0 Å². The van der Waals surface area contributed by atoms with E-state index in [1.54, 1.807) is 12.4 Å². The zero-order chi connectivity index (χ0) is 10.5. The summed E-state index contributed by atoms with van der Waals surface area (Å²) in [7, 11) is 0. The summed E-state index contributed by atoms with van der Waals surface area (Å²) in [5.74, 6) is 1.40. The Balaban J connectivity index is 1.72. The molecule has 0 spiro atoms. The number of aliphatic hydroxyl groups excluding tert-OH is 1. The molecule has 0 saturated heterocycles. The fourth-order valence-corrected chi connectivity index (χ4v) is 1.61. The third-order valence-electron chi connectivity index (χ3n) is 2.84. The van der Waals surface area contributed by atoms with E-state index in [2.05, 4.69) is 9.97 Å². The molecule has 15 heavy (non-hydrogen) atoms. The van der Waals surface area contributed by atoms with E-state index in [-0.39, 0.29) is 6.61 Å². The summed E-state index contributed by atoms with van der Waals surface area (Å²) in [6.07, 6.45) is 8.28. The molecular weight excluding hydrogens is 192 g/mol. The molecule has 0 aromatic carbocycles. The lowest BCUT2D eigenvalue weighted by Crippen LogP contribution is -2.14. The topological polar surface area (TPSA) is 55.2 Å². The summed E-state index contributed by atoms with van der Waals surface area (Å²) in [4.78, 5) is 8.04. The molecule has 0 bridgehead atoms. The van der Waals surface area contributed by atoms with E-state index in [4.69, 9.17) is 9.84 Å². The van der Waals surface area contributed by atoms with Gasteiger partial charge in [0.2, 0.25) is 5.88 Å². The molecule has 1 aliphatic rings. The highest BCUT2D eigenvalue weighted by Gasteiger charge is 2.16. The Morgan fingerprint density at radius 1 is 1.33 bits per heavy atom. The Labute approximate surface area is 89.3 Å². The Morgan fingerprint density at radius 3 is 2.73 bits per heavy atom. The van der Waals surface area contributed by atoms with Gasteiger partial charge in [0.05, 0.1) is 31.3 Å². The standard InChI is InChI=1S/C11H16N2O2/c14-8-10-6-13-11(7-12-10)15-5-4-9-2-1-3-9/h6-7,9,14H,1-5,8H2. The van der Waals surface area contributed by atoms with Gasteiger partial charge in [-0.25, -0.2) is 4.98 Å². The van der Waals surface area contributed by atoms with Gasteiger partial charge in [-0.05, 0) is 12.3 Å². The number of aliphatic hydroxyl groups is 1. The third-order valence-corrected chi connectivity index (χ3v) is 2.84. The molecule has 1 fully saturated rings. The highest BCUT2D eigenvalue weighted by atomic mass is 16.5.